The maximum atomic E-state index is 9.31. The number of allylic oxidation sites excluding steroid dienone is 2. The van der Waals surface area contributed by atoms with E-state index in [2.05, 4.69) is 6.58 Å². The van der Waals surface area contributed by atoms with Crippen molar-refractivity contribution in [3.8, 4) is 0 Å². The van der Waals surface area contributed by atoms with E-state index in [-0.39, 0.29) is 13.2 Å². The van der Waals surface area contributed by atoms with Crippen LogP contribution in [0.4, 0.5) is 0 Å². The van der Waals surface area contributed by atoms with Gasteiger partial charge in [-0.2, -0.15) is 0 Å². The van der Waals surface area contributed by atoms with Gasteiger partial charge in [0, 0.05) is 0 Å². The lowest BCUT2D eigenvalue weighted by Crippen LogP contribution is -2.21. The lowest BCUT2D eigenvalue weighted by molar-refractivity contribution is 0.00500. The van der Waals surface area contributed by atoms with Crippen molar-refractivity contribution in [1.29, 1.82) is 0 Å². The summed E-state index contributed by atoms with van der Waals surface area (Å²) in [5, 5.41) is 9.31. The molecule has 13 heavy (non-hydrogen) atoms. The van der Waals surface area contributed by atoms with Crippen molar-refractivity contribution in [2.45, 2.75) is 20.0 Å². The molecule has 1 unspecified atom stereocenters. The molecule has 3 nitrogen and oxygen atoms in total. The molecule has 0 spiro atoms. The number of rotatable bonds is 7. The van der Waals surface area contributed by atoms with Crippen molar-refractivity contribution in [3.63, 3.8) is 0 Å². The summed E-state index contributed by atoms with van der Waals surface area (Å²) < 4.78 is 10.2. The second kappa shape index (κ2) is 7.83. The summed E-state index contributed by atoms with van der Waals surface area (Å²) >= 11 is 0. The molecule has 0 amide bonds. The average Bonchev–Trinajstić information content (AvgIpc) is 2.14. The lowest BCUT2D eigenvalue weighted by atomic mass is 10.4. The third-order valence-electron chi connectivity index (χ3n) is 1.46. The van der Waals surface area contributed by atoms with Gasteiger partial charge in [-0.1, -0.05) is 12.2 Å². The fourth-order valence-electron chi connectivity index (χ4n) is 0.646. The maximum Gasteiger partial charge on any atom is 0.116 e. The molecular formula is C10H18O3. The molecule has 0 aromatic carbocycles. The third-order valence-corrected chi connectivity index (χ3v) is 1.46. The molecule has 76 valence electrons. The van der Waals surface area contributed by atoms with Crippen molar-refractivity contribution >= 4 is 0 Å². The summed E-state index contributed by atoms with van der Waals surface area (Å²) in [6, 6.07) is 0. The Morgan fingerprint density at radius 1 is 1.54 bits per heavy atom. The molecule has 1 atom stereocenters. The van der Waals surface area contributed by atoms with Gasteiger partial charge in [0.2, 0.25) is 0 Å². The van der Waals surface area contributed by atoms with E-state index < -0.39 is 6.10 Å². The number of hydrogen-bond acceptors (Lipinski definition) is 3. The Labute approximate surface area is 79.7 Å². The van der Waals surface area contributed by atoms with Crippen LogP contribution in [0.1, 0.15) is 13.8 Å². The van der Waals surface area contributed by atoms with Crippen molar-refractivity contribution in [2.75, 3.05) is 19.8 Å². The summed E-state index contributed by atoms with van der Waals surface area (Å²) in [7, 11) is 0. The predicted molar refractivity (Wildman–Crippen MR) is 52.4 cm³/mol. The molecule has 0 aromatic heterocycles. The van der Waals surface area contributed by atoms with Gasteiger partial charge in [0.25, 0.3) is 0 Å². The molecule has 0 radical (unpaired) electrons. The standard InChI is InChI=1S/C10H18O3/c1-4-6-12-7-10(11)8-13-9(3)5-2/h4-5,10-11H,1,6-8H2,2-3H3/b9-5-. The highest BCUT2D eigenvalue weighted by molar-refractivity contribution is 4.84. The lowest BCUT2D eigenvalue weighted by Gasteiger charge is -2.11. The van der Waals surface area contributed by atoms with Crippen molar-refractivity contribution in [3.05, 3.63) is 24.5 Å². The van der Waals surface area contributed by atoms with Gasteiger partial charge in [0.15, 0.2) is 0 Å². The van der Waals surface area contributed by atoms with Crippen LogP contribution in [0.25, 0.3) is 0 Å². The Morgan fingerprint density at radius 2 is 2.23 bits per heavy atom. The van der Waals surface area contributed by atoms with Crippen molar-refractivity contribution < 1.29 is 14.6 Å². The van der Waals surface area contributed by atoms with E-state index in [1.807, 2.05) is 19.9 Å². The van der Waals surface area contributed by atoms with E-state index in [1.54, 1.807) is 6.08 Å². The normalized spacial score (nSPS) is 13.9. The molecule has 0 fully saturated rings. The third kappa shape index (κ3) is 7.56. The minimum atomic E-state index is -0.574. The largest absolute Gasteiger partial charge is 0.496 e. The van der Waals surface area contributed by atoms with E-state index in [0.717, 1.165) is 5.76 Å². The van der Waals surface area contributed by atoms with Crippen LogP contribution in [0, 0.1) is 0 Å². The molecule has 0 aliphatic carbocycles. The molecule has 0 heterocycles. The molecule has 0 saturated heterocycles. The number of aliphatic hydroxyl groups excluding tert-OH is 1. The number of hydrogen-bond donors (Lipinski definition) is 1. The second-order valence-corrected chi connectivity index (χ2v) is 2.69. The minimum absolute atomic E-state index is 0.271. The van der Waals surface area contributed by atoms with E-state index >= 15 is 0 Å². The van der Waals surface area contributed by atoms with Crippen LogP contribution in [-0.4, -0.2) is 31.0 Å². The van der Waals surface area contributed by atoms with E-state index in [0.29, 0.717) is 6.61 Å². The Kier molecular flexibility index (Phi) is 7.35. The Hall–Kier alpha value is -0.800. The topological polar surface area (TPSA) is 38.7 Å². The molecule has 0 saturated carbocycles. The summed E-state index contributed by atoms with van der Waals surface area (Å²) in [5.74, 6) is 0.808. The van der Waals surface area contributed by atoms with Crippen molar-refractivity contribution in [1.82, 2.24) is 0 Å². The van der Waals surface area contributed by atoms with Gasteiger partial charge in [-0.25, -0.2) is 0 Å². The van der Waals surface area contributed by atoms with E-state index in [9.17, 15) is 5.11 Å². The van der Waals surface area contributed by atoms with Gasteiger partial charge in [-0.05, 0) is 13.8 Å². The van der Waals surface area contributed by atoms with Crippen LogP contribution in [0.2, 0.25) is 0 Å². The summed E-state index contributed by atoms with van der Waals surface area (Å²) in [5.41, 5.74) is 0. The van der Waals surface area contributed by atoms with E-state index in [4.69, 9.17) is 9.47 Å². The zero-order chi connectivity index (χ0) is 10.1. The zero-order valence-corrected chi connectivity index (χ0v) is 8.32. The smallest absolute Gasteiger partial charge is 0.116 e. The van der Waals surface area contributed by atoms with Crippen LogP contribution in [0.15, 0.2) is 24.5 Å². The number of ether oxygens (including phenoxy) is 2. The van der Waals surface area contributed by atoms with Crippen LogP contribution < -0.4 is 0 Å². The van der Waals surface area contributed by atoms with Crippen molar-refractivity contribution in [2.24, 2.45) is 0 Å². The first kappa shape index (κ1) is 12.2. The summed E-state index contributed by atoms with van der Waals surface area (Å²) in [4.78, 5) is 0. The van der Waals surface area contributed by atoms with E-state index in [1.165, 1.54) is 0 Å². The first-order valence-corrected chi connectivity index (χ1v) is 4.33. The Morgan fingerprint density at radius 3 is 2.77 bits per heavy atom. The Bertz CT molecular complexity index is 164. The highest BCUT2D eigenvalue weighted by atomic mass is 16.5. The maximum absolute atomic E-state index is 9.31. The molecule has 0 aliphatic rings. The quantitative estimate of drug-likeness (QED) is 0.372. The molecule has 0 rings (SSSR count). The highest BCUT2D eigenvalue weighted by Crippen LogP contribution is 1.96. The molecule has 0 bridgehead atoms. The molecule has 0 aromatic rings. The first-order chi connectivity index (χ1) is 6.20. The van der Waals surface area contributed by atoms with Gasteiger partial charge in [0.1, 0.15) is 12.7 Å². The van der Waals surface area contributed by atoms with Gasteiger partial charge >= 0.3 is 0 Å². The molecular weight excluding hydrogens is 168 g/mol. The second-order valence-electron chi connectivity index (χ2n) is 2.69. The molecule has 3 heteroatoms. The predicted octanol–water partition coefficient (Wildman–Crippen LogP) is 1.49. The first-order valence-electron chi connectivity index (χ1n) is 4.33. The van der Waals surface area contributed by atoms with Gasteiger partial charge in [0.05, 0.1) is 19.0 Å². The zero-order valence-electron chi connectivity index (χ0n) is 8.32. The van der Waals surface area contributed by atoms with Crippen LogP contribution in [0.3, 0.4) is 0 Å². The van der Waals surface area contributed by atoms with Crippen LogP contribution >= 0.6 is 0 Å². The highest BCUT2D eigenvalue weighted by Gasteiger charge is 2.03. The summed E-state index contributed by atoms with van der Waals surface area (Å²) in [6.45, 7) is 8.24. The molecule has 0 aliphatic heterocycles. The van der Waals surface area contributed by atoms with Gasteiger partial charge in [-0.3, -0.25) is 0 Å². The van der Waals surface area contributed by atoms with Gasteiger partial charge < -0.3 is 14.6 Å². The minimum Gasteiger partial charge on any atom is -0.496 e. The van der Waals surface area contributed by atoms with Gasteiger partial charge in [-0.15, -0.1) is 6.58 Å². The van der Waals surface area contributed by atoms with Crippen LogP contribution in [-0.2, 0) is 9.47 Å². The Balaban J connectivity index is 3.39. The fourth-order valence-corrected chi connectivity index (χ4v) is 0.646. The SMILES string of the molecule is C=CCOCC(O)CO/C(C)=C\C. The summed E-state index contributed by atoms with van der Waals surface area (Å²) in [6.07, 6.45) is 2.91. The average molecular weight is 186 g/mol. The fraction of sp³-hybridized carbons (Fsp3) is 0.600. The monoisotopic (exact) mass is 186 g/mol. The van der Waals surface area contributed by atoms with Crippen LogP contribution in [0.5, 0.6) is 0 Å². The number of aliphatic hydroxyl groups is 1. The molecule has 1 N–H and O–H groups in total.